The molecule has 0 radical (unpaired) electrons. The van der Waals surface area contributed by atoms with E-state index in [4.69, 9.17) is 11.6 Å². The fraction of sp³-hybridized carbons (Fsp3) is 0.444. The minimum atomic E-state index is 0. The number of hydrogen-bond donors (Lipinski definition) is 0. The Morgan fingerprint density at radius 3 is 2.45 bits per heavy atom. The number of halogens is 1. The van der Waals surface area contributed by atoms with Crippen molar-refractivity contribution in [2.75, 3.05) is 0 Å². The summed E-state index contributed by atoms with van der Waals surface area (Å²) in [5.74, 6) is 0. The van der Waals surface area contributed by atoms with Gasteiger partial charge in [-0.25, -0.2) is 0 Å². The SMILES string of the molecule is Cl/C1=C/CC/C=C\CC1.[CH3-].[Pd]. The second-order valence-electron chi connectivity index (χ2n) is 2.24. The molecule has 0 spiro atoms. The maximum Gasteiger partial charge on any atom is 0.0144 e. The summed E-state index contributed by atoms with van der Waals surface area (Å²) in [7, 11) is 0. The van der Waals surface area contributed by atoms with E-state index in [1.807, 2.05) is 0 Å². The summed E-state index contributed by atoms with van der Waals surface area (Å²) < 4.78 is 0. The van der Waals surface area contributed by atoms with Gasteiger partial charge in [0.05, 0.1) is 0 Å². The molecule has 0 N–H and O–H groups in total. The molecule has 11 heavy (non-hydrogen) atoms. The molecule has 0 nitrogen and oxygen atoms in total. The summed E-state index contributed by atoms with van der Waals surface area (Å²) in [6.45, 7) is 0. The zero-order valence-electron chi connectivity index (χ0n) is 6.75. The maximum absolute atomic E-state index is 5.82. The molecule has 0 aromatic carbocycles. The number of allylic oxidation sites excluding steroid dienone is 4. The van der Waals surface area contributed by atoms with Crippen LogP contribution in [0.4, 0.5) is 0 Å². The molecule has 1 rings (SSSR count). The first-order valence-corrected chi connectivity index (χ1v) is 3.77. The Hall–Kier alpha value is 0.432. The Bertz CT molecular complexity index is 138. The van der Waals surface area contributed by atoms with E-state index in [0.29, 0.717) is 0 Å². The van der Waals surface area contributed by atoms with Crippen molar-refractivity contribution in [2.45, 2.75) is 25.7 Å². The minimum Gasteiger partial charge on any atom is -0.358 e. The molecule has 0 atom stereocenters. The predicted octanol–water partition coefficient (Wildman–Crippen LogP) is 3.69. The molecule has 0 aromatic heterocycles. The Balaban J connectivity index is 0. The summed E-state index contributed by atoms with van der Waals surface area (Å²) in [5.41, 5.74) is 0. The molecule has 68 valence electrons. The van der Waals surface area contributed by atoms with Gasteiger partial charge in [0.15, 0.2) is 0 Å². The third-order valence-electron chi connectivity index (χ3n) is 1.42. The van der Waals surface area contributed by atoms with Crippen LogP contribution in [0.25, 0.3) is 0 Å². The Labute approximate surface area is 88.4 Å². The van der Waals surface area contributed by atoms with E-state index in [2.05, 4.69) is 18.2 Å². The third-order valence-corrected chi connectivity index (χ3v) is 1.76. The van der Waals surface area contributed by atoms with Crippen LogP contribution in [0.3, 0.4) is 0 Å². The molecule has 1 aliphatic carbocycles. The standard InChI is InChI=1S/C8H11Cl.CH3.Pd/c9-8-6-4-2-1-3-5-7-8;;/h1-2,7H,3-6H2;1H3;/q;-1;/b2-1-,8-7+;;. The summed E-state index contributed by atoms with van der Waals surface area (Å²) in [4.78, 5) is 0. The quantitative estimate of drug-likeness (QED) is 0.355. The van der Waals surface area contributed by atoms with Gasteiger partial charge in [0.25, 0.3) is 0 Å². The van der Waals surface area contributed by atoms with Crippen molar-refractivity contribution in [3.05, 3.63) is 30.7 Å². The smallest absolute Gasteiger partial charge is 0.0144 e. The van der Waals surface area contributed by atoms with Gasteiger partial charge in [0.1, 0.15) is 0 Å². The van der Waals surface area contributed by atoms with Gasteiger partial charge in [-0.1, -0.05) is 29.8 Å². The van der Waals surface area contributed by atoms with Crippen LogP contribution in [0.5, 0.6) is 0 Å². The molecule has 0 fully saturated rings. The van der Waals surface area contributed by atoms with Crippen LogP contribution in [-0.4, -0.2) is 0 Å². The first kappa shape index (κ1) is 14.0. The summed E-state index contributed by atoms with van der Waals surface area (Å²) >= 11 is 5.82. The van der Waals surface area contributed by atoms with Crippen molar-refractivity contribution in [2.24, 2.45) is 0 Å². The van der Waals surface area contributed by atoms with Crippen LogP contribution < -0.4 is 0 Å². The van der Waals surface area contributed by atoms with Gasteiger partial charge in [-0.05, 0) is 25.7 Å². The van der Waals surface area contributed by atoms with Gasteiger partial charge in [-0.2, -0.15) is 0 Å². The van der Waals surface area contributed by atoms with E-state index in [9.17, 15) is 0 Å². The molecule has 2 heteroatoms. The van der Waals surface area contributed by atoms with Crippen molar-refractivity contribution in [3.8, 4) is 0 Å². The topological polar surface area (TPSA) is 0 Å². The Kier molecular flexibility index (Phi) is 10.8. The van der Waals surface area contributed by atoms with Crippen molar-refractivity contribution in [3.63, 3.8) is 0 Å². The Morgan fingerprint density at radius 1 is 1.09 bits per heavy atom. The summed E-state index contributed by atoms with van der Waals surface area (Å²) in [6.07, 6.45) is 10.9. The van der Waals surface area contributed by atoms with Crippen LogP contribution in [-0.2, 0) is 20.4 Å². The summed E-state index contributed by atoms with van der Waals surface area (Å²) in [6, 6.07) is 0. The molecule has 0 heterocycles. The van der Waals surface area contributed by atoms with E-state index in [1.165, 1.54) is 0 Å². The molecule has 1 aliphatic rings. The van der Waals surface area contributed by atoms with E-state index < -0.39 is 0 Å². The van der Waals surface area contributed by atoms with Crippen LogP contribution in [0.15, 0.2) is 23.3 Å². The van der Waals surface area contributed by atoms with E-state index >= 15 is 0 Å². The number of hydrogen-bond acceptors (Lipinski definition) is 0. The molecular weight excluding hydrogens is 250 g/mol. The van der Waals surface area contributed by atoms with Crippen LogP contribution in [0.2, 0.25) is 0 Å². The van der Waals surface area contributed by atoms with Gasteiger partial charge in [-0.15, -0.1) is 0 Å². The maximum atomic E-state index is 5.82. The zero-order chi connectivity index (χ0) is 6.53. The van der Waals surface area contributed by atoms with E-state index in [-0.39, 0.29) is 27.8 Å². The average molecular weight is 264 g/mol. The van der Waals surface area contributed by atoms with Crippen molar-refractivity contribution >= 4 is 11.6 Å². The first-order valence-electron chi connectivity index (χ1n) is 3.39. The normalized spacial score (nSPS) is 24.3. The summed E-state index contributed by atoms with van der Waals surface area (Å²) in [5, 5.41) is 1.03. The molecule has 0 saturated carbocycles. The second-order valence-corrected chi connectivity index (χ2v) is 2.72. The van der Waals surface area contributed by atoms with Crippen molar-refractivity contribution in [1.29, 1.82) is 0 Å². The fourth-order valence-corrected chi connectivity index (χ4v) is 1.11. The molecule has 0 aliphatic heterocycles. The van der Waals surface area contributed by atoms with Crippen molar-refractivity contribution in [1.82, 2.24) is 0 Å². The van der Waals surface area contributed by atoms with Crippen LogP contribution in [0, 0.1) is 7.43 Å². The molecule has 0 saturated heterocycles. The average Bonchev–Trinajstić information content (AvgIpc) is 1.79. The predicted molar refractivity (Wildman–Crippen MR) is 48.0 cm³/mol. The Morgan fingerprint density at radius 2 is 1.73 bits per heavy atom. The number of rotatable bonds is 0. The zero-order valence-corrected chi connectivity index (χ0v) is 9.07. The van der Waals surface area contributed by atoms with Gasteiger partial charge < -0.3 is 7.43 Å². The molecule has 0 amide bonds. The molecule has 0 bridgehead atoms. The van der Waals surface area contributed by atoms with Gasteiger partial charge in [0.2, 0.25) is 0 Å². The van der Waals surface area contributed by atoms with Gasteiger partial charge in [0, 0.05) is 25.5 Å². The minimum absolute atomic E-state index is 0. The second kappa shape index (κ2) is 8.53. The van der Waals surface area contributed by atoms with E-state index in [1.54, 1.807) is 0 Å². The van der Waals surface area contributed by atoms with E-state index in [0.717, 1.165) is 30.7 Å². The largest absolute Gasteiger partial charge is 0.358 e. The first-order chi connectivity index (χ1) is 4.39. The molecule has 0 aromatic rings. The fourth-order valence-electron chi connectivity index (χ4n) is 0.895. The van der Waals surface area contributed by atoms with Gasteiger partial charge >= 0.3 is 0 Å². The molecule has 0 unspecified atom stereocenters. The molecular formula is C9H14ClPd-. The van der Waals surface area contributed by atoms with Gasteiger partial charge in [-0.3, -0.25) is 0 Å². The van der Waals surface area contributed by atoms with Crippen molar-refractivity contribution < 1.29 is 20.4 Å². The van der Waals surface area contributed by atoms with Crippen LogP contribution in [0.1, 0.15) is 25.7 Å². The third kappa shape index (κ3) is 6.82. The monoisotopic (exact) mass is 263 g/mol. The van der Waals surface area contributed by atoms with Crippen LogP contribution >= 0.6 is 11.6 Å².